The zero-order valence-corrected chi connectivity index (χ0v) is 31.2. The Balaban J connectivity index is 1.46. The zero-order chi connectivity index (χ0) is 34.7. The Kier molecular flexibility index (Phi) is 12.2. The number of esters is 2. The van der Waals surface area contributed by atoms with Gasteiger partial charge >= 0.3 is 11.9 Å². The molecule has 7 atom stereocenters. The smallest absolute Gasteiger partial charge is 0.327 e. The Morgan fingerprint density at radius 3 is 2.31 bits per heavy atom. The van der Waals surface area contributed by atoms with Crippen LogP contribution in [0.25, 0.3) is 0 Å². The second kappa shape index (κ2) is 15.6. The third-order valence-corrected chi connectivity index (χ3v) is 10.6. The molecule has 1 aromatic rings. The number of nitrogens with zero attached hydrogens (tertiary/aromatic N) is 1. The number of hydrogen-bond acceptors (Lipinski definition) is 10. The molecule has 4 aliphatic rings. The topological polar surface area (TPSA) is 133 Å². The number of ether oxygens (including phenoxy) is 4. The Morgan fingerprint density at radius 2 is 1.71 bits per heavy atom. The fourth-order valence-electron chi connectivity index (χ4n) is 7.68. The molecule has 5 rings (SSSR count). The predicted octanol–water partition coefficient (Wildman–Crippen LogP) is 5.33. The molecule has 11 nitrogen and oxygen atoms in total. The van der Waals surface area contributed by atoms with Crippen LogP contribution in [-0.2, 0) is 44.7 Å². The molecule has 0 aromatic heterocycles. The fraction of sp³-hybridized carbons (Fsp3) is 0.750. The van der Waals surface area contributed by atoms with Gasteiger partial charge in [0.1, 0.15) is 35.4 Å². The number of aliphatic hydroxyl groups is 1. The van der Waals surface area contributed by atoms with E-state index in [1.165, 1.54) is 0 Å². The molecule has 4 fully saturated rings. The van der Waals surface area contributed by atoms with Gasteiger partial charge < -0.3 is 29.4 Å². The Morgan fingerprint density at radius 1 is 1.06 bits per heavy atom. The number of fused-ring (bicyclic) bond motifs is 4. The van der Waals surface area contributed by atoms with E-state index in [1.54, 1.807) is 25.8 Å². The first kappa shape index (κ1) is 37.4. The van der Waals surface area contributed by atoms with E-state index < -0.39 is 71.1 Å². The van der Waals surface area contributed by atoms with E-state index in [0.29, 0.717) is 12.8 Å². The van der Waals surface area contributed by atoms with Gasteiger partial charge in [-0.1, -0.05) is 51.7 Å². The highest BCUT2D eigenvalue weighted by Crippen LogP contribution is 2.58. The first-order valence-corrected chi connectivity index (χ1v) is 18.8. The third-order valence-electron chi connectivity index (χ3n) is 9.92. The lowest BCUT2D eigenvalue weighted by Crippen LogP contribution is -2.70. The maximum absolute atomic E-state index is 14.6. The number of carbonyl (C=O) groups is 3. The Labute approximate surface area is 298 Å². The summed E-state index contributed by atoms with van der Waals surface area (Å²) in [6.45, 7) is 9.56. The standard InChI is InChI=1S/C36H53IN2O9/c1-6-8-10-18-35(19-11-9-7-2)46-28-26-20-36(33(43)38-25(22-40)16-17-27(41)45-34(3,4)5)30(32(42)44-26)39(48-31(36)29(28)47-35)21-23-12-14-24(37)15-13-23/h12-15,25-26,28-31,40H,6-11,16-22H2,1-5H3,(H,38,43)/t25-,26+,28-,29-,30+,31+,36+/m0/s1. The van der Waals surface area contributed by atoms with Crippen molar-refractivity contribution in [2.45, 2.75) is 160 Å². The van der Waals surface area contributed by atoms with Crippen molar-refractivity contribution in [1.82, 2.24) is 10.4 Å². The molecule has 1 aromatic carbocycles. The molecule has 0 unspecified atom stereocenters. The molecule has 0 radical (unpaired) electrons. The quantitative estimate of drug-likeness (QED) is 0.129. The lowest BCUT2D eigenvalue weighted by atomic mass is 9.62. The summed E-state index contributed by atoms with van der Waals surface area (Å²) in [6.07, 6.45) is 5.10. The molecule has 48 heavy (non-hydrogen) atoms. The summed E-state index contributed by atoms with van der Waals surface area (Å²) in [4.78, 5) is 47.8. The summed E-state index contributed by atoms with van der Waals surface area (Å²) in [5.74, 6) is -2.24. The van der Waals surface area contributed by atoms with Gasteiger partial charge in [-0.05, 0) is 80.3 Å². The molecule has 1 amide bonds. The van der Waals surface area contributed by atoms with Crippen LogP contribution in [0.15, 0.2) is 24.3 Å². The van der Waals surface area contributed by atoms with Crippen LogP contribution >= 0.6 is 22.6 Å². The average molecular weight is 785 g/mol. The van der Waals surface area contributed by atoms with Crippen LogP contribution in [0.5, 0.6) is 0 Å². The molecule has 268 valence electrons. The van der Waals surface area contributed by atoms with E-state index in [1.807, 2.05) is 24.3 Å². The van der Waals surface area contributed by atoms with Gasteiger partial charge in [0.05, 0.1) is 19.2 Å². The number of benzene rings is 1. The summed E-state index contributed by atoms with van der Waals surface area (Å²) in [6, 6.07) is 6.14. The van der Waals surface area contributed by atoms with E-state index in [4.69, 9.17) is 23.8 Å². The molecule has 3 saturated heterocycles. The number of unbranched alkanes of at least 4 members (excludes halogenated alkanes) is 4. The predicted molar refractivity (Wildman–Crippen MR) is 185 cm³/mol. The molecular weight excluding hydrogens is 731 g/mol. The Hall–Kier alpha value is -1.84. The highest BCUT2D eigenvalue weighted by Gasteiger charge is 2.76. The number of hydrogen-bond donors (Lipinski definition) is 2. The van der Waals surface area contributed by atoms with Gasteiger partial charge in [-0.15, -0.1) is 0 Å². The van der Waals surface area contributed by atoms with E-state index in [9.17, 15) is 19.5 Å². The van der Waals surface area contributed by atoms with E-state index in [0.717, 1.165) is 47.7 Å². The molecule has 3 aliphatic heterocycles. The summed E-state index contributed by atoms with van der Waals surface area (Å²) in [7, 11) is 0. The molecule has 1 aliphatic carbocycles. The number of hydroxylamine groups is 2. The second-order valence-corrected chi connectivity index (χ2v) is 16.1. The van der Waals surface area contributed by atoms with Crippen LogP contribution in [0, 0.1) is 8.99 Å². The molecule has 1 saturated carbocycles. The molecule has 3 heterocycles. The lowest BCUT2D eigenvalue weighted by molar-refractivity contribution is -0.224. The van der Waals surface area contributed by atoms with Gasteiger partial charge in [0.25, 0.3) is 0 Å². The minimum absolute atomic E-state index is 0.0163. The van der Waals surface area contributed by atoms with Crippen molar-refractivity contribution < 1.29 is 43.3 Å². The van der Waals surface area contributed by atoms with E-state index in [2.05, 4.69) is 41.8 Å². The third kappa shape index (κ3) is 8.04. The van der Waals surface area contributed by atoms with Gasteiger partial charge in [-0.3, -0.25) is 19.2 Å². The normalized spacial score (nSPS) is 29.6. The van der Waals surface area contributed by atoms with Crippen LogP contribution < -0.4 is 5.32 Å². The monoisotopic (exact) mass is 784 g/mol. The fourth-order valence-corrected chi connectivity index (χ4v) is 8.04. The van der Waals surface area contributed by atoms with E-state index in [-0.39, 0.29) is 32.4 Å². The summed E-state index contributed by atoms with van der Waals surface area (Å²) in [5, 5.41) is 14.9. The van der Waals surface area contributed by atoms with Crippen molar-refractivity contribution in [2.75, 3.05) is 6.61 Å². The zero-order valence-electron chi connectivity index (χ0n) is 29.0. The van der Waals surface area contributed by atoms with Gasteiger partial charge in [-0.25, -0.2) is 0 Å². The van der Waals surface area contributed by atoms with Crippen molar-refractivity contribution in [3.8, 4) is 0 Å². The number of rotatable bonds is 16. The SMILES string of the molecule is CCCCCC1(CCCCC)O[C@@H]2[C@H](O1)[C@H]1ON(Cc3ccc(I)cc3)[C@@H]3C(=O)O[C@@H]2C[C@]13C(=O)N[C@H](CO)CCC(=O)OC(C)(C)C. The highest BCUT2D eigenvalue weighted by molar-refractivity contribution is 14.1. The number of carbonyl (C=O) groups excluding carboxylic acids is 3. The largest absolute Gasteiger partial charge is 0.460 e. The average Bonchev–Trinajstić information content (AvgIpc) is 3.58. The van der Waals surface area contributed by atoms with Gasteiger partial charge in [-0.2, -0.15) is 5.06 Å². The first-order chi connectivity index (χ1) is 22.8. The minimum atomic E-state index is -1.37. The van der Waals surface area contributed by atoms with Crippen LogP contribution in [0.4, 0.5) is 0 Å². The van der Waals surface area contributed by atoms with Crippen molar-refractivity contribution in [1.29, 1.82) is 0 Å². The summed E-state index contributed by atoms with van der Waals surface area (Å²) in [5.41, 5.74) is -1.10. The summed E-state index contributed by atoms with van der Waals surface area (Å²) >= 11 is 2.24. The van der Waals surface area contributed by atoms with Gasteiger partial charge in [0.15, 0.2) is 11.8 Å². The number of aliphatic hydroxyl groups excluding tert-OH is 1. The van der Waals surface area contributed by atoms with Gasteiger partial charge in [0.2, 0.25) is 5.91 Å². The van der Waals surface area contributed by atoms with Crippen molar-refractivity contribution in [3.63, 3.8) is 0 Å². The molecule has 12 heteroatoms. The van der Waals surface area contributed by atoms with Crippen molar-refractivity contribution >= 4 is 40.4 Å². The summed E-state index contributed by atoms with van der Waals surface area (Å²) < 4.78 is 26.4. The minimum Gasteiger partial charge on any atom is -0.460 e. The highest BCUT2D eigenvalue weighted by atomic mass is 127. The molecule has 0 spiro atoms. The van der Waals surface area contributed by atoms with Gasteiger partial charge in [0, 0.05) is 29.3 Å². The second-order valence-electron chi connectivity index (χ2n) is 14.8. The maximum atomic E-state index is 14.6. The van der Waals surface area contributed by atoms with Crippen LogP contribution in [-0.4, -0.2) is 82.5 Å². The van der Waals surface area contributed by atoms with Crippen molar-refractivity contribution in [2.24, 2.45) is 5.41 Å². The maximum Gasteiger partial charge on any atom is 0.327 e. The van der Waals surface area contributed by atoms with Crippen LogP contribution in [0.3, 0.4) is 0 Å². The van der Waals surface area contributed by atoms with Crippen molar-refractivity contribution in [3.05, 3.63) is 33.4 Å². The van der Waals surface area contributed by atoms with E-state index >= 15 is 0 Å². The number of nitrogens with one attached hydrogen (secondary N) is 1. The Bertz CT molecular complexity index is 1280. The van der Waals surface area contributed by atoms with Crippen LogP contribution in [0.1, 0.15) is 111 Å². The molecule has 2 bridgehead atoms. The van der Waals surface area contributed by atoms with Crippen LogP contribution in [0.2, 0.25) is 0 Å². The first-order valence-electron chi connectivity index (χ1n) is 17.7. The molecular formula is C36H53IN2O9. The number of halogens is 1. The lowest BCUT2D eigenvalue weighted by Gasteiger charge is -2.49. The number of amides is 1. The molecule has 2 N–H and O–H groups in total.